The van der Waals surface area contributed by atoms with Crippen LogP contribution in [0.5, 0.6) is 0 Å². The van der Waals surface area contributed by atoms with E-state index in [0.29, 0.717) is 0 Å². The molecule has 0 amide bonds. The van der Waals surface area contributed by atoms with Gasteiger partial charge in [0.1, 0.15) is 0 Å². The minimum absolute atomic E-state index is 0.827. The van der Waals surface area contributed by atoms with E-state index in [2.05, 4.69) is 23.5 Å². The Morgan fingerprint density at radius 2 is 2.20 bits per heavy atom. The van der Waals surface area contributed by atoms with Crippen molar-refractivity contribution in [2.24, 2.45) is 0 Å². The molecule has 1 saturated carbocycles. The standard InChI is InChI=1S/C13H20N2/c1-10-4-5-11(9-13(10)14)3-2-8-15-12-6-7-12/h4-5,9,12,15H,2-3,6-8,14H2,1H3. The smallest absolute Gasteiger partial charge is 0.0346 e. The average Bonchev–Trinajstić information content (AvgIpc) is 3.02. The number of hydrogen-bond acceptors (Lipinski definition) is 2. The fraction of sp³-hybridized carbons (Fsp3) is 0.538. The predicted octanol–water partition coefficient (Wildman–Crippen LogP) is 2.26. The Morgan fingerprint density at radius 1 is 1.40 bits per heavy atom. The van der Waals surface area contributed by atoms with E-state index < -0.39 is 0 Å². The monoisotopic (exact) mass is 204 g/mol. The minimum atomic E-state index is 0.827. The minimum Gasteiger partial charge on any atom is -0.399 e. The number of rotatable bonds is 5. The summed E-state index contributed by atoms with van der Waals surface area (Å²) in [6.07, 6.45) is 5.08. The summed E-state index contributed by atoms with van der Waals surface area (Å²) in [5.74, 6) is 0. The maximum Gasteiger partial charge on any atom is 0.0346 e. The summed E-state index contributed by atoms with van der Waals surface area (Å²) in [7, 11) is 0. The lowest BCUT2D eigenvalue weighted by molar-refractivity contribution is 0.645. The lowest BCUT2D eigenvalue weighted by atomic mass is 10.1. The van der Waals surface area contributed by atoms with Gasteiger partial charge >= 0.3 is 0 Å². The molecule has 1 aromatic rings. The van der Waals surface area contributed by atoms with Gasteiger partial charge in [-0.25, -0.2) is 0 Å². The predicted molar refractivity (Wildman–Crippen MR) is 64.9 cm³/mol. The van der Waals surface area contributed by atoms with Crippen LogP contribution in [-0.2, 0) is 6.42 Å². The van der Waals surface area contributed by atoms with Crippen molar-refractivity contribution in [1.82, 2.24) is 5.32 Å². The first kappa shape index (κ1) is 10.5. The van der Waals surface area contributed by atoms with Crippen LogP contribution in [0.3, 0.4) is 0 Å². The third kappa shape index (κ3) is 3.24. The molecule has 0 atom stereocenters. The van der Waals surface area contributed by atoms with Crippen LogP contribution in [0.25, 0.3) is 0 Å². The number of aryl methyl sites for hydroxylation is 2. The SMILES string of the molecule is Cc1ccc(CCCNC2CC2)cc1N. The molecule has 2 nitrogen and oxygen atoms in total. The van der Waals surface area contributed by atoms with Gasteiger partial charge in [0.25, 0.3) is 0 Å². The van der Waals surface area contributed by atoms with Crippen LogP contribution in [-0.4, -0.2) is 12.6 Å². The van der Waals surface area contributed by atoms with Gasteiger partial charge in [0.15, 0.2) is 0 Å². The first-order valence-corrected chi connectivity index (χ1v) is 5.84. The molecule has 1 aromatic carbocycles. The third-order valence-corrected chi connectivity index (χ3v) is 3.00. The van der Waals surface area contributed by atoms with Crippen LogP contribution in [0.4, 0.5) is 5.69 Å². The zero-order valence-corrected chi connectivity index (χ0v) is 9.42. The summed E-state index contributed by atoms with van der Waals surface area (Å²) in [6, 6.07) is 7.22. The molecule has 0 bridgehead atoms. The number of nitrogens with two attached hydrogens (primary N) is 1. The summed E-state index contributed by atoms with van der Waals surface area (Å²) < 4.78 is 0. The van der Waals surface area contributed by atoms with E-state index in [1.807, 2.05) is 6.92 Å². The first-order valence-electron chi connectivity index (χ1n) is 5.84. The normalized spacial score (nSPS) is 15.5. The van der Waals surface area contributed by atoms with Crippen LogP contribution in [0.2, 0.25) is 0 Å². The summed E-state index contributed by atoms with van der Waals surface area (Å²) in [5, 5.41) is 3.52. The molecule has 0 aliphatic heterocycles. The molecule has 0 unspecified atom stereocenters. The Balaban J connectivity index is 1.74. The van der Waals surface area contributed by atoms with Crippen molar-refractivity contribution in [2.75, 3.05) is 12.3 Å². The van der Waals surface area contributed by atoms with Crippen LogP contribution in [0.1, 0.15) is 30.4 Å². The summed E-state index contributed by atoms with van der Waals surface area (Å²) in [6.45, 7) is 3.19. The van der Waals surface area contributed by atoms with Gasteiger partial charge in [0.2, 0.25) is 0 Å². The molecular weight excluding hydrogens is 184 g/mol. The molecule has 15 heavy (non-hydrogen) atoms. The van der Waals surface area contributed by atoms with Crippen LogP contribution < -0.4 is 11.1 Å². The Kier molecular flexibility index (Phi) is 3.27. The molecule has 0 radical (unpaired) electrons. The van der Waals surface area contributed by atoms with Crippen LogP contribution >= 0.6 is 0 Å². The Morgan fingerprint density at radius 3 is 2.87 bits per heavy atom. The van der Waals surface area contributed by atoms with E-state index in [-0.39, 0.29) is 0 Å². The van der Waals surface area contributed by atoms with Crippen LogP contribution in [0, 0.1) is 6.92 Å². The molecular formula is C13H20N2. The van der Waals surface area contributed by atoms with Gasteiger partial charge in [-0.05, 0) is 56.3 Å². The Hall–Kier alpha value is -1.02. The second-order valence-electron chi connectivity index (χ2n) is 4.52. The molecule has 0 aromatic heterocycles. The van der Waals surface area contributed by atoms with Crippen molar-refractivity contribution < 1.29 is 0 Å². The van der Waals surface area contributed by atoms with Gasteiger partial charge in [-0.3, -0.25) is 0 Å². The van der Waals surface area contributed by atoms with Gasteiger partial charge in [-0.15, -0.1) is 0 Å². The van der Waals surface area contributed by atoms with Crippen molar-refractivity contribution >= 4 is 5.69 Å². The molecule has 82 valence electrons. The summed E-state index contributed by atoms with van der Waals surface area (Å²) >= 11 is 0. The van der Waals surface area contributed by atoms with E-state index in [1.165, 1.54) is 30.4 Å². The fourth-order valence-electron chi connectivity index (χ4n) is 1.73. The van der Waals surface area contributed by atoms with E-state index in [4.69, 9.17) is 5.73 Å². The van der Waals surface area contributed by atoms with Crippen molar-refractivity contribution in [3.05, 3.63) is 29.3 Å². The van der Waals surface area contributed by atoms with Crippen molar-refractivity contribution in [3.8, 4) is 0 Å². The molecule has 1 aliphatic carbocycles. The molecule has 1 aliphatic rings. The van der Waals surface area contributed by atoms with Crippen LogP contribution in [0.15, 0.2) is 18.2 Å². The number of nitrogens with one attached hydrogen (secondary N) is 1. The first-order chi connectivity index (χ1) is 7.25. The zero-order valence-electron chi connectivity index (χ0n) is 9.42. The largest absolute Gasteiger partial charge is 0.399 e. The van der Waals surface area contributed by atoms with Crippen molar-refractivity contribution in [3.63, 3.8) is 0 Å². The van der Waals surface area contributed by atoms with E-state index in [1.54, 1.807) is 0 Å². The molecule has 2 rings (SSSR count). The Bertz CT molecular complexity index is 329. The second-order valence-corrected chi connectivity index (χ2v) is 4.52. The molecule has 0 heterocycles. The van der Waals surface area contributed by atoms with Crippen molar-refractivity contribution in [1.29, 1.82) is 0 Å². The molecule has 0 spiro atoms. The number of benzene rings is 1. The molecule has 0 saturated heterocycles. The van der Waals surface area contributed by atoms with Gasteiger partial charge < -0.3 is 11.1 Å². The van der Waals surface area contributed by atoms with Gasteiger partial charge in [0, 0.05) is 11.7 Å². The Labute approximate surface area is 91.9 Å². The van der Waals surface area contributed by atoms with E-state index in [0.717, 1.165) is 24.7 Å². The highest BCUT2D eigenvalue weighted by Crippen LogP contribution is 2.18. The highest BCUT2D eigenvalue weighted by atomic mass is 14.9. The molecule has 1 fully saturated rings. The number of hydrogen-bond donors (Lipinski definition) is 2. The summed E-state index contributed by atoms with van der Waals surface area (Å²) in [5.41, 5.74) is 9.32. The van der Waals surface area contributed by atoms with Gasteiger partial charge in [0.05, 0.1) is 0 Å². The highest BCUT2D eigenvalue weighted by Gasteiger charge is 2.19. The van der Waals surface area contributed by atoms with Gasteiger partial charge in [-0.1, -0.05) is 12.1 Å². The fourth-order valence-corrected chi connectivity index (χ4v) is 1.73. The summed E-state index contributed by atoms with van der Waals surface area (Å²) in [4.78, 5) is 0. The quantitative estimate of drug-likeness (QED) is 0.570. The number of anilines is 1. The maximum atomic E-state index is 5.87. The van der Waals surface area contributed by atoms with Gasteiger partial charge in [-0.2, -0.15) is 0 Å². The molecule has 3 N–H and O–H groups in total. The highest BCUT2D eigenvalue weighted by molar-refractivity contribution is 5.48. The second kappa shape index (κ2) is 4.67. The lowest BCUT2D eigenvalue weighted by Crippen LogP contribution is -2.17. The topological polar surface area (TPSA) is 38.0 Å². The average molecular weight is 204 g/mol. The third-order valence-electron chi connectivity index (χ3n) is 3.00. The van der Waals surface area contributed by atoms with E-state index in [9.17, 15) is 0 Å². The van der Waals surface area contributed by atoms with E-state index >= 15 is 0 Å². The zero-order chi connectivity index (χ0) is 10.7. The van der Waals surface area contributed by atoms with Crippen molar-refractivity contribution in [2.45, 2.75) is 38.6 Å². The lowest BCUT2D eigenvalue weighted by Gasteiger charge is -2.05. The number of nitrogen functional groups attached to an aromatic ring is 1. The molecule has 2 heteroatoms. The maximum absolute atomic E-state index is 5.87.